The summed E-state index contributed by atoms with van der Waals surface area (Å²) in [6, 6.07) is 13.8. The molecule has 2 aromatic rings. The zero-order chi connectivity index (χ0) is 13.2. The fraction of sp³-hybridized carbons (Fsp3) is 0.200. The van der Waals surface area contributed by atoms with Crippen LogP contribution in [-0.2, 0) is 4.79 Å². The molecule has 1 saturated heterocycles. The van der Waals surface area contributed by atoms with Crippen LogP contribution in [0.15, 0.2) is 42.5 Å². The molecule has 0 saturated carbocycles. The summed E-state index contributed by atoms with van der Waals surface area (Å²) in [6.07, 6.45) is 0.579. The highest BCUT2D eigenvalue weighted by molar-refractivity contribution is 5.79. The van der Waals surface area contributed by atoms with Crippen molar-refractivity contribution < 1.29 is 4.79 Å². The van der Waals surface area contributed by atoms with E-state index in [-0.39, 0.29) is 11.8 Å². The first-order chi connectivity index (χ1) is 9.22. The van der Waals surface area contributed by atoms with Crippen molar-refractivity contribution in [2.24, 2.45) is 0 Å². The summed E-state index contributed by atoms with van der Waals surface area (Å²) in [4.78, 5) is 15.5. The van der Waals surface area contributed by atoms with Gasteiger partial charge in [-0.3, -0.25) is 4.79 Å². The Hall–Kier alpha value is -2.36. The molecule has 19 heavy (non-hydrogen) atoms. The number of amides is 1. The molecule has 1 atom stereocenters. The first kappa shape index (κ1) is 11.7. The summed E-state index contributed by atoms with van der Waals surface area (Å²) in [6.45, 7) is 0.731. The lowest BCUT2D eigenvalue weighted by atomic mass is 9.96. The maximum absolute atomic E-state index is 11.2. The third kappa shape index (κ3) is 2.42. The first-order valence-corrected chi connectivity index (χ1v) is 6.32. The van der Waals surface area contributed by atoms with Crippen molar-refractivity contribution in [1.29, 1.82) is 0 Å². The number of nitrogen functional groups attached to an aromatic ring is 1. The minimum absolute atomic E-state index is 0.131. The van der Waals surface area contributed by atoms with Crippen LogP contribution in [0.2, 0.25) is 0 Å². The van der Waals surface area contributed by atoms with Crippen molar-refractivity contribution in [3.05, 3.63) is 48.0 Å². The fourth-order valence-electron chi connectivity index (χ4n) is 2.38. The number of nitrogens with two attached hydrogens (primary N) is 1. The lowest BCUT2D eigenvalue weighted by molar-refractivity contribution is -0.119. The monoisotopic (exact) mass is 253 g/mol. The number of hydrogen-bond donors (Lipinski definition) is 2. The molecule has 1 aliphatic rings. The van der Waals surface area contributed by atoms with E-state index in [1.165, 1.54) is 5.56 Å². The van der Waals surface area contributed by atoms with Crippen molar-refractivity contribution in [3.63, 3.8) is 0 Å². The number of nitrogens with one attached hydrogen (secondary N) is 1. The second-order valence-electron chi connectivity index (χ2n) is 4.77. The van der Waals surface area contributed by atoms with Gasteiger partial charge in [0.1, 0.15) is 5.82 Å². The topological polar surface area (TPSA) is 68.0 Å². The molecule has 3 N–H and O–H groups in total. The number of rotatable bonds is 2. The molecule has 0 radical (unpaired) electrons. The van der Waals surface area contributed by atoms with E-state index in [2.05, 4.69) is 22.4 Å². The van der Waals surface area contributed by atoms with E-state index in [1.54, 1.807) is 6.07 Å². The van der Waals surface area contributed by atoms with Gasteiger partial charge in [0, 0.05) is 24.4 Å². The maximum Gasteiger partial charge on any atom is 0.220 e. The molecule has 3 rings (SSSR count). The normalized spacial score (nSPS) is 18.3. The number of anilines is 1. The Labute approximate surface area is 111 Å². The van der Waals surface area contributed by atoms with Crippen LogP contribution in [-0.4, -0.2) is 17.4 Å². The van der Waals surface area contributed by atoms with Crippen molar-refractivity contribution >= 4 is 11.7 Å². The molecule has 1 aromatic carbocycles. The zero-order valence-corrected chi connectivity index (χ0v) is 10.5. The van der Waals surface area contributed by atoms with E-state index in [4.69, 9.17) is 5.73 Å². The minimum atomic E-state index is 0.131. The van der Waals surface area contributed by atoms with Crippen molar-refractivity contribution in [3.8, 4) is 11.3 Å². The average molecular weight is 253 g/mol. The van der Waals surface area contributed by atoms with Gasteiger partial charge in [-0.1, -0.05) is 30.3 Å². The van der Waals surface area contributed by atoms with Crippen molar-refractivity contribution in [2.45, 2.75) is 12.3 Å². The van der Waals surface area contributed by atoms with Crippen LogP contribution in [0, 0.1) is 0 Å². The van der Waals surface area contributed by atoms with Crippen molar-refractivity contribution in [2.75, 3.05) is 12.3 Å². The number of carbonyl (C=O) groups is 1. The van der Waals surface area contributed by atoms with Crippen molar-refractivity contribution in [1.82, 2.24) is 10.3 Å². The SMILES string of the molecule is Nc1cccc(-c2ccc(C3CNC(=O)C3)cc2)n1. The Balaban J connectivity index is 1.85. The molecule has 0 aliphatic carbocycles. The van der Waals surface area contributed by atoms with Crippen LogP contribution >= 0.6 is 0 Å². The summed E-state index contributed by atoms with van der Waals surface area (Å²) in [5, 5.41) is 2.85. The van der Waals surface area contributed by atoms with E-state index >= 15 is 0 Å². The Kier molecular flexibility index (Phi) is 2.91. The van der Waals surface area contributed by atoms with Crippen LogP contribution < -0.4 is 11.1 Å². The summed E-state index contributed by atoms with van der Waals surface area (Å²) in [5.41, 5.74) is 8.77. The van der Waals surface area contributed by atoms with Gasteiger partial charge in [-0.2, -0.15) is 0 Å². The van der Waals surface area contributed by atoms with Crippen LogP contribution in [0.5, 0.6) is 0 Å². The molecular formula is C15H15N3O. The van der Waals surface area contributed by atoms with Gasteiger partial charge in [0.15, 0.2) is 0 Å². The van der Waals surface area contributed by atoms with Gasteiger partial charge >= 0.3 is 0 Å². The lowest BCUT2D eigenvalue weighted by Crippen LogP contribution is -2.13. The molecule has 0 spiro atoms. The van der Waals surface area contributed by atoms with E-state index in [1.807, 2.05) is 24.3 Å². The standard InChI is InChI=1S/C15H15N3O/c16-14-3-1-2-13(18-14)11-6-4-10(5-7-11)12-8-15(19)17-9-12/h1-7,12H,8-9H2,(H2,16,18)(H,17,19). The molecule has 4 heteroatoms. The smallest absolute Gasteiger partial charge is 0.220 e. The number of nitrogens with zero attached hydrogens (tertiary/aromatic N) is 1. The van der Waals surface area contributed by atoms with Gasteiger partial charge in [0.25, 0.3) is 0 Å². The quantitative estimate of drug-likeness (QED) is 0.859. The third-order valence-corrected chi connectivity index (χ3v) is 3.43. The largest absolute Gasteiger partial charge is 0.384 e. The summed E-state index contributed by atoms with van der Waals surface area (Å²) >= 11 is 0. The number of pyridine rings is 1. The zero-order valence-electron chi connectivity index (χ0n) is 10.5. The minimum Gasteiger partial charge on any atom is -0.384 e. The van der Waals surface area contributed by atoms with Gasteiger partial charge < -0.3 is 11.1 Å². The van der Waals surface area contributed by atoms with Gasteiger partial charge in [-0.15, -0.1) is 0 Å². The Morgan fingerprint density at radius 2 is 1.95 bits per heavy atom. The first-order valence-electron chi connectivity index (χ1n) is 6.32. The fourth-order valence-corrected chi connectivity index (χ4v) is 2.38. The molecule has 1 aromatic heterocycles. The molecule has 1 aliphatic heterocycles. The number of aromatic nitrogens is 1. The highest BCUT2D eigenvalue weighted by Gasteiger charge is 2.22. The molecule has 1 unspecified atom stereocenters. The Morgan fingerprint density at radius 1 is 1.16 bits per heavy atom. The van der Waals surface area contributed by atoms with Crippen LogP contribution in [0.1, 0.15) is 17.9 Å². The van der Waals surface area contributed by atoms with E-state index in [0.29, 0.717) is 12.2 Å². The van der Waals surface area contributed by atoms with E-state index in [9.17, 15) is 4.79 Å². The second-order valence-corrected chi connectivity index (χ2v) is 4.77. The molecule has 4 nitrogen and oxygen atoms in total. The number of hydrogen-bond acceptors (Lipinski definition) is 3. The predicted molar refractivity (Wildman–Crippen MR) is 74.5 cm³/mol. The summed E-state index contributed by atoms with van der Waals surface area (Å²) in [5.74, 6) is 0.939. The number of benzene rings is 1. The van der Waals surface area contributed by atoms with Crippen LogP contribution in [0.3, 0.4) is 0 Å². The highest BCUT2D eigenvalue weighted by Crippen LogP contribution is 2.25. The van der Waals surface area contributed by atoms with Gasteiger partial charge in [0.05, 0.1) is 5.69 Å². The second kappa shape index (κ2) is 4.72. The molecule has 1 fully saturated rings. The molecule has 0 bridgehead atoms. The molecule has 96 valence electrons. The summed E-state index contributed by atoms with van der Waals surface area (Å²) in [7, 11) is 0. The maximum atomic E-state index is 11.2. The third-order valence-electron chi connectivity index (χ3n) is 3.43. The highest BCUT2D eigenvalue weighted by atomic mass is 16.1. The molecule has 1 amide bonds. The number of carbonyl (C=O) groups excluding carboxylic acids is 1. The Morgan fingerprint density at radius 3 is 2.58 bits per heavy atom. The van der Waals surface area contributed by atoms with Gasteiger partial charge in [-0.05, 0) is 17.7 Å². The summed E-state index contributed by atoms with van der Waals surface area (Å²) < 4.78 is 0. The lowest BCUT2D eigenvalue weighted by Gasteiger charge is -2.08. The van der Waals surface area contributed by atoms with E-state index in [0.717, 1.165) is 17.8 Å². The van der Waals surface area contributed by atoms with Gasteiger partial charge in [-0.25, -0.2) is 4.98 Å². The predicted octanol–water partition coefficient (Wildman–Crippen LogP) is 1.93. The van der Waals surface area contributed by atoms with Crippen LogP contribution in [0.4, 0.5) is 5.82 Å². The van der Waals surface area contributed by atoms with Crippen LogP contribution in [0.25, 0.3) is 11.3 Å². The van der Waals surface area contributed by atoms with Gasteiger partial charge in [0.2, 0.25) is 5.91 Å². The Bertz CT molecular complexity index is 607. The average Bonchev–Trinajstić information content (AvgIpc) is 2.86. The molecule has 2 heterocycles. The molecular weight excluding hydrogens is 238 g/mol. The van der Waals surface area contributed by atoms with E-state index < -0.39 is 0 Å².